The van der Waals surface area contributed by atoms with Crippen molar-refractivity contribution in [1.29, 1.82) is 0 Å². The second-order valence-corrected chi connectivity index (χ2v) is 8.60. The number of aliphatic carboxylic acids is 1. The number of rotatable bonds is 15. The van der Waals surface area contributed by atoms with Crippen LogP contribution >= 0.6 is 12.6 Å². The molecule has 0 aliphatic rings. The molecular weight excluding hydrogens is 450 g/mol. The number of nitrogens with zero attached hydrogens (tertiary/aromatic N) is 1. The molecule has 0 spiro atoms. The van der Waals surface area contributed by atoms with Crippen LogP contribution in [-0.2, 0) is 19.2 Å². The van der Waals surface area contributed by atoms with E-state index >= 15 is 0 Å². The van der Waals surface area contributed by atoms with Gasteiger partial charge in [0.2, 0.25) is 17.7 Å². The smallest absolute Gasteiger partial charge is 0.327 e. The predicted molar refractivity (Wildman–Crippen MR) is 129 cm³/mol. The van der Waals surface area contributed by atoms with Gasteiger partial charge in [0, 0.05) is 12.3 Å². The molecule has 0 saturated heterocycles. The highest BCUT2D eigenvalue weighted by Gasteiger charge is 2.32. The Balaban J connectivity index is 5.58. The molecule has 0 aliphatic heterocycles. The van der Waals surface area contributed by atoms with Crippen LogP contribution in [0.4, 0.5) is 0 Å². The summed E-state index contributed by atoms with van der Waals surface area (Å²) in [6, 6.07) is -4.03. The first kappa shape index (κ1) is 30.5. The van der Waals surface area contributed by atoms with Crippen LogP contribution in [0.1, 0.15) is 47.0 Å². The molecule has 0 fully saturated rings. The molecule has 5 atom stereocenters. The number of nitrogens with one attached hydrogen (secondary N) is 3. The Labute approximate surface area is 200 Å². The quantitative estimate of drug-likeness (QED) is 0.0587. The van der Waals surface area contributed by atoms with Crippen molar-refractivity contribution in [3.05, 3.63) is 0 Å². The number of carboxylic acids is 1. The van der Waals surface area contributed by atoms with Gasteiger partial charge in [-0.25, -0.2) is 4.79 Å². The van der Waals surface area contributed by atoms with Crippen molar-refractivity contribution in [2.24, 2.45) is 34.0 Å². The molecule has 0 aromatic heterocycles. The number of guanidine groups is 1. The summed E-state index contributed by atoms with van der Waals surface area (Å²) in [7, 11) is 0. The highest BCUT2D eigenvalue weighted by Crippen LogP contribution is 2.11. The third kappa shape index (κ3) is 11.2. The van der Waals surface area contributed by atoms with Crippen LogP contribution in [0.2, 0.25) is 0 Å². The van der Waals surface area contributed by atoms with Crippen LogP contribution in [-0.4, -0.2) is 71.2 Å². The van der Waals surface area contributed by atoms with Crippen LogP contribution in [0.25, 0.3) is 0 Å². The van der Waals surface area contributed by atoms with Gasteiger partial charge in [-0.2, -0.15) is 12.6 Å². The molecule has 3 amide bonds. The number of nitrogens with two attached hydrogens (primary N) is 3. The zero-order valence-electron chi connectivity index (χ0n) is 19.7. The zero-order valence-corrected chi connectivity index (χ0v) is 20.6. The van der Waals surface area contributed by atoms with E-state index in [2.05, 4.69) is 33.6 Å². The molecule has 10 N–H and O–H groups in total. The fraction of sp³-hybridized carbons (Fsp3) is 0.750. The standard InChI is InChI=1S/C20H39N7O5S/c1-5-11(4)15(27-17(29)14(21)10(2)3)18(30)25-12(7-6-8-24-20(22)23)16(28)26-13(9-33)19(31)32/h10-15,33H,5-9,21H2,1-4H3,(H,25,30)(H,26,28)(H,27,29)(H,31,32)(H4,22,23,24). The van der Waals surface area contributed by atoms with Gasteiger partial charge >= 0.3 is 5.97 Å². The maximum absolute atomic E-state index is 13.1. The fourth-order valence-electron chi connectivity index (χ4n) is 2.75. The summed E-state index contributed by atoms with van der Waals surface area (Å²) in [5, 5.41) is 16.9. The highest BCUT2D eigenvalue weighted by atomic mass is 32.1. The summed E-state index contributed by atoms with van der Waals surface area (Å²) in [5.41, 5.74) is 16.5. The van der Waals surface area contributed by atoms with Crippen LogP contribution in [0.3, 0.4) is 0 Å². The van der Waals surface area contributed by atoms with E-state index in [-0.39, 0.29) is 36.5 Å². The zero-order chi connectivity index (χ0) is 25.7. The summed E-state index contributed by atoms with van der Waals surface area (Å²) >= 11 is 3.93. The Morgan fingerprint density at radius 3 is 2.00 bits per heavy atom. The van der Waals surface area contributed by atoms with Crippen molar-refractivity contribution in [2.75, 3.05) is 12.3 Å². The number of carbonyl (C=O) groups is 4. The van der Waals surface area contributed by atoms with Crippen LogP contribution in [0.15, 0.2) is 4.99 Å². The largest absolute Gasteiger partial charge is 0.480 e. The van der Waals surface area contributed by atoms with Gasteiger partial charge in [-0.3, -0.25) is 19.4 Å². The average molecular weight is 490 g/mol. The molecule has 13 heteroatoms. The van der Waals surface area contributed by atoms with Crippen molar-refractivity contribution >= 4 is 42.3 Å². The van der Waals surface area contributed by atoms with E-state index in [1.54, 1.807) is 20.8 Å². The van der Waals surface area contributed by atoms with Crippen molar-refractivity contribution in [3.63, 3.8) is 0 Å². The maximum atomic E-state index is 13.1. The highest BCUT2D eigenvalue weighted by molar-refractivity contribution is 7.80. The van der Waals surface area contributed by atoms with E-state index < -0.39 is 47.9 Å². The fourth-order valence-corrected chi connectivity index (χ4v) is 2.99. The molecular formula is C20H39N7O5S. The Bertz CT molecular complexity index is 700. The number of thiol groups is 1. The van der Waals surface area contributed by atoms with E-state index in [1.165, 1.54) is 0 Å². The van der Waals surface area contributed by atoms with Gasteiger partial charge in [0.05, 0.1) is 6.04 Å². The molecule has 0 bridgehead atoms. The number of hydrogen-bond donors (Lipinski definition) is 8. The lowest BCUT2D eigenvalue weighted by Gasteiger charge is -2.28. The number of carbonyl (C=O) groups excluding carboxylic acids is 3. The lowest BCUT2D eigenvalue weighted by atomic mass is 9.96. The number of amides is 3. The van der Waals surface area contributed by atoms with Gasteiger partial charge in [-0.15, -0.1) is 0 Å². The molecule has 0 aromatic rings. The van der Waals surface area contributed by atoms with E-state index in [0.29, 0.717) is 12.8 Å². The van der Waals surface area contributed by atoms with Gasteiger partial charge in [0.1, 0.15) is 18.1 Å². The summed E-state index contributed by atoms with van der Waals surface area (Å²) in [6.45, 7) is 7.45. The molecule has 5 unspecified atom stereocenters. The molecule has 0 saturated carbocycles. The average Bonchev–Trinajstić information content (AvgIpc) is 2.75. The van der Waals surface area contributed by atoms with Gasteiger partial charge in [-0.1, -0.05) is 34.1 Å². The first-order valence-corrected chi connectivity index (χ1v) is 11.5. The van der Waals surface area contributed by atoms with Gasteiger partial charge < -0.3 is 38.3 Å². The Morgan fingerprint density at radius 1 is 0.970 bits per heavy atom. The van der Waals surface area contributed by atoms with E-state index in [4.69, 9.17) is 17.2 Å². The third-order valence-electron chi connectivity index (χ3n) is 5.19. The van der Waals surface area contributed by atoms with Gasteiger partial charge in [-0.05, 0) is 24.7 Å². The summed E-state index contributed by atoms with van der Waals surface area (Å²) in [5.74, 6) is -3.61. The molecule has 0 aromatic carbocycles. The second kappa shape index (κ2) is 15.3. The molecule has 33 heavy (non-hydrogen) atoms. The van der Waals surface area contributed by atoms with Gasteiger partial charge in [0.15, 0.2) is 5.96 Å². The van der Waals surface area contributed by atoms with Crippen molar-refractivity contribution in [3.8, 4) is 0 Å². The molecule has 190 valence electrons. The topological polar surface area (TPSA) is 215 Å². The molecule has 0 radical (unpaired) electrons. The molecule has 0 heterocycles. The molecule has 0 rings (SSSR count). The number of aliphatic imine (C=N–C) groups is 1. The third-order valence-corrected chi connectivity index (χ3v) is 5.55. The first-order chi connectivity index (χ1) is 15.3. The monoisotopic (exact) mass is 489 g/mol. The maximum Gasteiger partial charge on any atom is 0.327 e. The summed E-state index contributed by atoms with van der Waals surface area (Å²) in [6.07, 6.45) is 1.06. The SMILES string of the molecule is CCC(C)C(NC(=O)C(N)C(C)C)C(=O)NC(CCCN=C(N)N)C(=O)NC(CS)C(=O)O. The van der Waals surface area contributed by atoms with Crippen LogP contribution in [0, 0.1) is 11.8 Å². The second-order valence-electron chi connectivity index (χ2n) is 8.23. The van der Waals surface area contributed by atoms with E-state index in [9.17, 15) is 24.3 Å². The van der Waals surface area contributed by atoms with Gasteiger partial charge in [0.25, 0.3) is 0 Å². The van der Waals surface area contributed by atoms with Crippen molar-refractivity contribution in [1.82, 2.24) is 16.0 Å². The lowest BCUT2D eigenvalue weighted by molar-refractivity contribution is -0.141. The van der Waals surface area contributed by atoms with Crippen molar-refractivity contribution in [2.45, 2.75) is 71.1 Å². The minimum atomic E-state index is -1.25. The number of carboxylic acid groups (broad SMARTS) is 1. The molecule has 12 nitrogen and oxygen atoms in total. The van der Waals surface area contributed by atoms with Crippen LogP contribution in [0.5, 0.6) is 0 Å². The molecule has 0 aliphatic carbocycles. The Morgan fingerprint density at radius 2 is 1.55 bits per heavy atom. The minimum absolute atomic E-state index is 0.109. The normalized spacial score (nSPS) is 15.5. The first-order valence-electron chi connectivity index (χ1n) is 10.9. The minimum Gasteiger partial charge on any atom is -0.480 e. The Kier molecular flexibility index (Phi) is 14.1. The van der Waals surface area contributed by atoms with E-state index in [0.717, 1.165) is 0 Å². The van der Waals surface area contributed by atoms with Crippen molar-refractivity contribution < 1.29 is 24.3 Å². The summed E-state index contributed by atoms with van der Waals surface area (Å²) < 4.78 is 0. The Hall–Kier alpha value is -2.54. The van der Waals surface area contributed by atoms with E-state index in [1.807, 2.05) is 6.92 Å². The lowest BCUT2D eigenvalue weighted by Crippen LogP contribution is -2.59. The van der Waals surface area contributed by atoms with Crippen LogP contribution < -0.4 is 33.2 Å². The summed E-state index contributed by atoms with van der Waals surface area (Å²) in [4.78, 5) is 53.4. The number of hydrogen-bond acceptors (Lipinski definition) is 7. The predicted octanol–water partition coefficient (Wildman–Crippen LogP) is -1.46.